The van der Waals surface area contributed by atoms with Crippen molar-refractivity contribution in [1.82, 2.24) is 5.32 Å². The Hall–Kier alpha value is -2.23. The van der Waals surface area contributed by atoms with Gasteiger partial charge in [-0.05, 0) is 17.7 Å². The van der Waals surface area contributed by atoms with Crippen LogP contribution in [0.4, 0.5) is 4.39 Å². The molecule has 2 aromatic rings. The first-order valence-corrected chi connectivity index (χ1v) is 7.82. The molecule has 1 N–H and O–H groups in total. The fourth-order valence-electron chi connectivity index (χ4n) is 2.76. The van der Waals surface area contributed by atoms with Crippen molar-refractivity contribution >= 4 is 29.8 Å². The first-order chi connectivity index (χ1) is 11.1. The molecule has 1 aromatic heterocycles. The minimum atomic E-state index is -0.325. The molecule has 2 heterocycles. The van der Waals surface area contributed by atoms with Gasteiger partial charge in [-0.1, -0.05) is 30.4 Å². The molecule has 114 valence electrons. The minimum Gasteiger partial charge on any atom is -0.339 e. The zero-order valence-electron chi connectivity index (χ0n) is 12.0. The van der Waals surface area contributed by atoms with Crippen LogP contribution >= 0.6 is 24.8 Å². The Balaban J connectivity index is 2.18. The van der Waals surface area contributed by atoms with E-state index in [1.165, 1.54) is 12.1 Å². The lowest BCUT2D eigenvalue weighted by atomic mass is 9.83. The minimum absolute atomic E-state index is 0.276. The van der Waals surface area contributed by atoms with Crippen LogP contribution in [0.2, 0.25) is 0 Å². The molecule has 0 fully saturated rings. The molecule has 2 atom stereocenters. The number of nitrogens with zero attached hydrogens (tertiary/aromatic N) is 2. The Morgan fingerprint density at radius 3 is 2.43 bits per heavy atom. The maximum absolute atomic E-state index is 13.3. The van der Waals surface area contributed by atoms with E-state index in [2.05, 4.69) is 24.0 Å². The van der Waals surface area contributed by atoms with E-state index in [1.54, 1.807) is 12.1 Å². The van der Waals surface area contributed by atoms with E-state index in [-0.39, 0.29) is 17.8 Å². The zero-order valence-corrected chi connectivity index (χ0v) is 13.7. The average Bonchev–Trinajstić information content (AvgIpc) is 2.56. The predicted octanol–water partition coefficient (Wildman–Crippen LogP) is 3.03. The van der Waals surface area contributed by atoms with Gasteiger partial charge in [0.1, 0.15) is 5.82 Å². The van der Waals surface area contributed by atoms with Crippen molar-refractivity contribution in [3.05, 3.63) is 76.8 Å². The van der Waals surface area contributed by atoms with Gasteiger partial charge in [-0.3, -0.25) is 0 Å². The number of hydrogen-bond donors (Lipinski definition) is 2. The zero-order chi connectivity index (χ0) is 16.4. The topological polar surface area (TPSA) is 39.7 Å². The van der Waals surface area contributed by atoms with E-state index in [9.17, 15) is 9.65 Å². The van der Waals surface area contributed by atoms with E-state index in [1.807, 2.05) is 35.2 Å². The van der Waals surface area contributed by atoms with Crippen molar-refractivity contribution in [1.29, 1.82) is 5.26 Å². The van der Waals surface area contributed by atoms with Gasteiger partial charge in [0.2, 0.25) is 6.04 Å². The Kier molecular flexibility index (Phi) is 4.42. The third-order valence-electron chi connectivity index (χ3n) is 3.80. The Bertz CT molecular complexity index is 810. The second-order valence-electron chi connectivity index (χ2n) is 5.16. The normalized spacial score (nSPS) is 20.8. The largest absolute Gasteiger partial charge is 0.339 e. The van der Waals surface area contributed by atoms with Crippen LogP contribution in [-0.4, -0.2) is 4.99 Å². The monoisotopic (exact) mass is 342 g/mol. The Morgan fingerprint density at radius 2 is 1.83 bits per heavy atom. The number of thiocarbonyl (C=S) groups is 1. The summed E-state index contributed by atoms with van der Waals surface area (Å²) in [7, 11) is 0. The predicted molar refractivity (Wildman–Crippen MR) is 92.2 cm³/mol. The molecular formula is C17H13FN3S2+. The van der Waals surface area contributed by atoms with Gasteiger partial charge >= 0.3 is 0 Å². The first kappa shape index (κ1) is 15.7. The van der Waals surface area contributed by atoms with E-state index in [0.717, 1.165) is 5.56 Å². The van der Waals surface area contributed by atoms with Crippen LogP contribution in [0.1, 0.15) is 17.5 Å². The van der Waals surface area contributed by atoms with Gasteiger partial charge < -0.3 is 5.32 Å². The highest BCUT2D eigenvalue weighted by molar-refractivity contribution is 7.85. The smallest absolute Gasteiger partial charge is 0.219 e. The quantitative estimate of drug-likeness (QED) is 0.501. The van der Waals surface area contributed by atoms with Gasteiger partial charge in [0, 0.05) is 12.1 Å². The van der Waals surface area contributed by atoms with E-state index >= 15 is 0 Å². The fourth-order valence-corrected chi connectivity index (χ4v) is 3.51. The molecule has 1 aliphatic heterocycles. The highest BCUT2D eigenvalue weighted by Gasteiger charge is 2.42. The number of nitriles is 1. The van der Waals surface area contributed by atoms with Crippen LogP contribution in [0.15, 0.2) is 65.5 Å². The lowest BCUT2D eigenvalue weighted by molar-refractivity contribution is -0.708. The molecule has 3 nitrogen and oxygen atoms in total. The molecule has 1 aromatic carbocycles. The van der Waals surface area contributed by atoms with Crippen LogP contribution in [-0.2, 0) is 0 Å². The fraction of sp³-hybridized carbons (Fsp3) is 0.118. The summed E-state index contributed by atoms with van der Waals surface area (Å²) in [5, 5.41) is 13.0. The van der Waals surface area contributed by atoms with Crippen LogP contribution in [0.25, 0.3) is 0 Å². The Morgan fingerprint density at radius 1 is 1.17 bits per heavy atom. The van der Waals surface area contributed by atoms with Gasteiger partial charge in [0.05, 0.1) is 22.6 Å². The molecule has 23 heavy (non-hydrogen) atoms. The summed E-state index contributed by atoms with van der Waals surface area (Å²) >= 11 is 9.85. The summed E-state index contributed by atoms with van der Waals surface area (Å²) in [6.45, 7) is 0. The van der Waals surface area contributed by atoms with E-state index < -0.39 is 0 Å². The number of halogens is 1. The van der Waals surface area contributed by atoms with Gasteiger partial charge in [-0.2, -0.15) is 9.83 Å². The number of rotatable bonds is 2. The standard InChI is InChI=1S/C17H12FN3S2/c18-12-6-4-11(5-7-12)14-13(10-19)16(22)20-17(23)15(14)21-8-2-1-3-9-21/h1-9,14-15H,(H-,20,22,23)/p+1/t14-,15+/m0/s1. The molecule has 0 aliphatic carbocycles. The maximum Gasteiger partial charge on any atom is 0.219 e. The molecule has 1 aliphatic rings. The molecule has 0 bridgehead atoms. The number of pyridine rings is 1. The van der Waals surface area contributed by atoms with Crippen LogP contribution in [0.5, 0.6) is 0 Å². The number of allylic oxidation sites excluding steroid dienone is 1. The summed E-state index contributed by atoms with van der Waals surface area (Å²) in [4.78, 5) is 0.569. The molecule has 0 saturated carbocycles. The third-order valence-corrected chi connectivity index (χ3v) is 4.50. The molecule has 3 rings (SSSR count). The molecule has 0 saturated heterocycles. The number of hydrogen-bond acceptors (Lipinski definition) is 3. The van der Waals surface area contributed by atoms with Crippen molar-refractivity contribution in [2.75, 3.05) is 0 Å². The van der Waals surface area contributed by atoms with Gasteiger partial charge in [-0.15, -0.1) is 12.6 Å². The van der Waals surface area contributed by atoms with Crippen LogP contribution in [0.3, 0.4) is 0 Å². The van der Waals surface area contributed by atoms with Crippen molar-refractivity contribution in [3.63, 3.8) is 0 Å². The summed E-state index contributed by atoms with van der Waals surface area (Å²) in [5.41, 5.74) is 1.30. The molecule has 6 heteroatoms. The van der Waals surface area contributed by atoms with Gasteiger partial charge in [0.15, 0.2) is 17.4 Å². The van der Waals surface area contributed by atoms with Crippen LogP contribution < -0.4 is 9.88 Å². The summed E-state index contributed by atoms with van der Waals surface area (Å²) in [6, 6.07) is 13.8. The molecule has 0 radical (unpaired) electrons. The molecular weight excluding hydrogens is 329 g/mol. The average molecular weight is 342 g/mol. The second kappa shape index (κ2) is 6.49. The van der Waals surface area contributed by atoms with Crippen molar-refractivity contribution in [2.45, 2.75) is 12.0 Å². The molecule has 0 spiro atoms. The number of benzene rings is 1. The summed E-state index contributed by atoms with van der Waals surface area (Å²) in [5.74, 6) is -0.642. The second-order valence-corrected chi connectivity index (χ2v) is 6.05. The van der Waals surface area contributed by atoms with Crippen molar-refractivity contribution < 1.29 is 8.96 Å². The van der Waals surface area contributed by atoms with E-state index in [4.69, 9.17) is 12.2 Å². The summed E-state index contributed by atoms with van der Waals surface area (Å²) < 4.78 is 15.2. The van der Waals surface area contributed by atoms with Crippen LogP contribution in [0, 0.1) is 17.1 Å². The van der Waals surface area contributed by atoms with Crippen molar-refractivity contribution in [2.24, 2.45) is 0 Å². The molecule has 0 amide bonds. The molecule has 0 unspecified atom stereocenters. The van der Waals surface area contributed by atoms with Gasteiger partial charge in [0.25, 0.3) is 0 Å². The SMILES string of the molecule is N#CC1=C(S)NC(=S)[C@H]([n+]2ccccc2)[C@H]1c1ccc(F)cc1. The Labute approximate surface area is 144 Å². The first-order valence-electron chi connectivity index (χ1n) is 6.97. The van der Waals surface area contributed by atoms with E-state index in [0.29, 0.717) is 15.6 Å². The third kappa shape index (κ3) is 2.98. The maximum atomic E-state index is 13.3. The highest BCUT2D eigenvalue weighted by Crippen LogP contribution is 2.38. The lowest BCUT2D eigenvalue weighted by Crippen LogP contribution is -2.52. The van der Waals surface area contributed by atoms with Gasteiger partial charge in [-0.25, -0.2) is 4.39 Å². The summed E-state index contributed by atoms with van der Waals surface area (Å²) in [6.07, 6.45) is 3.79. The lowest BCUT2D eigenvalue weighted by Gasteiger charge is -2.29. The number of thiol groups is 1. The van der Waals surface area contributed by atoms with Crippen molar-refractivity contribution in [3.8, 4) is 6.07 Å². The highest BCUT2D eigenvalue weighted by atomic mass is 32.1. The number of nitrogens with one attached hydrogen (secondary N) is 1. The number of aromatic nitrogens is 1.